The first-order valence-corrected chi connectivity index (χ1v) is 13.5. The summed E-state index contributed by atoms with van der Waals surface area (Å²) in [6.45, 7) is 1.95. The van der Waals surface area contributed by atoms with Gasteiger partial charge in [0.25, 0.3) is 5.89 Å². The molecule has 0 fully saturated rings. The molecule has 1 N–H and O–H groups in total. The maximum Gasteiger partial charge on any atom is 0.341 e. The number of nitrogens with one attached hydrogen (secondary N) is 1. The highest BCUT2D eigenvalue weighted by molar-refractivity contribution is 7.91. The highest BCUT2D eigenvalue weighted by atomic mass is 35.5. The third-order valence-electron chi connectivity index (χ3n) is 5.37. The minimum Gasteiger partial charge on any atom is -0.484 e. The Balaban J connectivity index is 1.44. The molecular weight excluding hydrogens is 518 g/mol. The normalized spacial score (nSPS) is 15.3. The van der Waals surface area contributed by atoms with Gasteiger partial charge in [-0.1, -0.05) is 23.6 Å². The molecule has 1 unspecified atom stereocenters. The third kappa shape index (κ3) is 5.82. The van der Waals surface area contributed by atoms with Crippen LogP contribution < -0.4 is 10.1 Å². The summed E-state index contributed by atoms with van der Waals surface area (Å²) in [5, 5.41) is 9.88. The predicted molar refractivity (Wildman–Crippen MR) is 128 cm³/mol. The van der Waals surface area contributed by atoms with E-state index in [0.717, 1.165) is 23.3 Å². The van der Waals surface area contributed by atoms with Gasteiger partial charge in [-0.2, -0.15) is 0 Å². The van der Waals surface area contributed by atoms with Crippen molar-refractivity contribution < 1.29 is 31.9 Å². The van der Waals surface area contributed by atoms with Crippen LogP contribution >= 0.6 is 22.9 Å². The zero-order chi connectivity index (χ0) is 25.2. The van der Waals surface area contributed by atoms with Crippen molar-refractivity contribution >= 4 is 49.7 Å². The van der Waals surface area contributed by atoms with Crippen LogP contribution in [0.25, 0.3) is 0 Å². The first-order valence-electron chi connectivity index (χ1n) is 10.6. The van der Waals surface area contributed by atoms with Crippen LogP contribution in [0.15, 0.2) is 33.9 Å². The Morgan fingerprint density at radius 2 is 2.00 bits per heavy atom. The van der Waals surface area contributed by atoms with E-state index in [4.69, 9.17) is 25.5 Å². The van der Waals surface area contributed by atoms with Gasteiger partial charge in [0, 0.05) is 9.90 Å². The number of carbonyl (C=O) groups is 2. The monoisotopic (exact) mass is 539 g/mol. The summed E-state index contributed by atoms with van der Waals surface area (Å²) < 4.78 is 40.9. The second kappa shape index (κ2) is 10.3. The number of esters is 1. The summed E-state index contributed by atoms with van der Waals surface area (Å²) in [5.74, 6) is -1.49. The van der Waals surface area contributed by atoms with Crippen molar-refractivity contribution in [1.29, 1.82) is 0 Å². The minimum atomic E-state index is -4.23. The Bertz CT molecular complexity index is 1350. The first kappa shape index (κ1) is 25.1. The minimum absolute atomic E-state index is 0.0769. The largest absolute Gasteiger partial charge is 0.484 e. The molecule has 1 aliphatic carbocycles. The number of hydrogen-bond donors (Lipinski definition) is 1. The summed E-state index contributed by atoms with van der Waals surface area (Å²) in [5.41, 5.74) is 1.13. The molecule has 2 aromatic heterocycles. The molecule has 35 heavy (non-hydrogen) atoms. The number of rotatable bonds is 8. The Morgan fingerprint density at radius 3 is 2.71 bits per heavy atom. The average Bonchev–Trinajstić information content (AvgIpc) is 3.42. The number of amides is 1. The van der Waals surface area contributed by atoms with Crippen LogP contribution in [0.2, 0.25) is 5.02 Å². The SMILES string of the molecule is COC(=O)c1c(NC(=O)CS(=O)(=O)c2nnc(COc3ccc(Cl)cc3)o2)sc2c1CCC(C)C2. The fourth-order valence-electron chi connectivity index (χ4n) is 3.65. The molecule has 1 atom stereocenters. The molecular formula is C22H22ClN3O7S2. The Morgan fingerprint density at radius 1 is 1.26 bits per heavy atom. The molecule has 0 radical (unpaired) electrons. The third-order valence-corrected chi connectivity index (χ3v) is 8.13. The molecule has 0 bridgehead atoms. The van der Waals surface area contributed by atoms with E-state index < -0.39 is 32.7 Å². The molecule has 3 aromatic rings. The maximum atomic E-state index is 12.7. The first-order chi connectivity index (χ1) is 16.7. The number of nitrogens with zero attached hydrogens (tertiary/aromatic N) is 2. The Hall–Kier alpha value is -2.96. The van der Waals surface area contributed by atoms with Gasteiger partial charge in [-0.05, 0) is 55.0 Å². The van der Waals surface area contributed by atoms with Crippen LogP contribution in [0.5, 0.6) is 5.75 Å². The molecule has 13 heteroatoms. The molecule has 1 amide bonds. The number of hydrogen-bond acceptors (Lipinski definition) is 10. The molecule has 1 aliphatic rings. The lowest BCUT2D eigenvalue weighted by atomic mass is 9.88. The van der Waals surface area contributed by atoms with E-state index in [2.05, 4.69) is 22.4 Å². The van der Waals surface area contributed by atoms with Crippen molar-refractivity contribution in [2.45, 2.75) is 38.0 Å². The van der Waals surface area contributed by atoms with Crippen molar-refractivity contribution in [1.82, 2.24) is 10.2 Å². The molecule has 1 aromatic carbocycles. The van der Waals surface area contributed by atoms with Gasteiger partial charge < -0.3 is 19.2 Å². The Labute approximate surface area is 210 Å². The van der Waals surface area contributed by atoms with E-state index >= 15 is 0 Å². The molecule has 4 rings (SSSR count). The number of carbonyl (C=O) groups excluding carboxylic acids is 2. The number of halogens is 1. The summed E-state index contributed by atoms with van der Waals surface area (Å²) in [4.78, 5) is 26.0. The number of fused-ring (bicyclic) bond motifs is 1. The number of sulfone groups is 1. The predicted octanol–water partition coefficient (Wildman–Crippen LogP) is 3.69. The van der Waals surface area contributed by atoms with E-state index in [1.54, 1.807) is 24.3 Å². The van der Waals surface area contributed by atoms with Crippen molar-refractivity contribution in [3.63, 3.8) is 0 Å². The van der Waals surface area contributed by atoms with Gasteiger partial charge in [-0.3, -0.25) is 4.79 Å². The van der Waals surface area contributed by atoms with Gasteiger partial charge in [0.2, 0.25) is 15.7 Å². The molecule has 10 nitrogen and oxygen atoms in total. The fourth-order valence-corrected chi connectivity index (χ4v) is 6.12. The molecule has 0 aliphatic heterocycles. The summed E-state index contributed by atoms with van der Waals surface area (Å²) in [7, 11) is -2.97. The number of methoxy groups -OCH3 is 1. The van der Waals surface area contributed by atoms with Crippen LogP contribution in [0.1, 0.15) is 40.0 Å². The molecule has 0 spiro atoms. The van der Waals surface area contributed by atoms with Crippen LogP contribution in [0.3, 0.4) is 0 Å². The van der Waals surface area contributed by atoms with E-state index in [0.29, 0.717) is 23.1 Å². The molecule has 0 saturated carbocycles. The zero-order valence-electron chi connectivity index (χ0n) is 18.9. The quantitative estimate of drug-likeness (QED) is 0.424. The summed E-state index contributed by atoms with van der Waals surface area (Å²) in [6.07, 6.45) is 2.38. The van der Waals surface area contributed by atoms with Crippen LogP contribution in [0.4, 0.5) is 5.00 Å². The van der Waals surface area contributed by atoms with Gasteiger partial charge in [0.1, 0.15) is 16.5 Å². The Kier molecular flexibility index (Phi) is 7.43. The second-order valence-electron chi connectivity index (χ2n) is 8.06. The average molecular weight is 540 g/mol. The lowest BCUT2D eigenvalue weighted by Gasteiger charge is -2.18. The van der Waals surface area contributed by atoms with E-state index in [9.17, 15) is 18.0 Å². The van der Waals surface area contributed by atoms with Gasteiger partial charge in [0.05, 0.1) is 12.7 Å². The van der Waals surface area contributed by atoms with Crippen molar-refractivity contribution in [3.05, 3.63) is 51.2 Å². The van der Waals surface area contributed by atoms with Crippen molar-refractivity contribution in [2.24, 2.45) is 5.92 Å². The maximum absolute atomic E-state index is 12.7. The second-order valence-corrected chi connectivity index (χ2v) is 11.5. The van der Waals surface area contributed by atoms with Crippen LogP contribution in [-0.4, -0.2) is 43.4 Å². The van der Waals surface area contributed by atoms with Gasteiger partial charge in [-0.15, -0.1) is 16.4 Å². The molecule has 0 saturated heterocycles. The van der Waals surface area contributed by atoms with Gasteiger partial charge in [0.15, 0.2) is 6.61 Å². The smallest absolute Gasteiger partial charge is 0.341 e. The van der Waals surface area contributed by atoms with E-state index in [1.165, 1.54) is 18.4 Å². The standard InChI is InChI=1S/C22H22ClN3O7S2/c1-12-3-8-15-16(9-12)34-20(19(15)21(28)31-2)24-17(27)11-35(29,30)22-26-25-18(33-22)10-32-14-6-4-13(23)5-7-14/h4-7,12H,3,8-11H2,1-2H3,(H,24,27). The van der Waals surface area contributed by atoms with E-state index in [1.807, 2.05) is 0 Å². The van der Waals surface area contributed by atoms with Crippen LogP contribution in [-0.2, 0) is 38.8 Å². The number of anilines is 1. The lowest BCUT2D eigenvalue weighted by Crippen LogP contribution is -2.24. The van der Waals surface area contributed by atoms with E-state index in [-0.39, 0.29) is 23.1 Å². The van der Waals surface area contributed by atoms with Gasteiger partial charge in [-0.25, -0.2) is 13.2 Å². The van der Waals surface area contributed by atoms with Crippen molar-refractivity contribution in [3.8, 4) is 5.75 Å². The fraction of sp³-hybridized carbons (Fsp3) is 0.364. The van der Waals surface area contributed by atoms with Gasteiger partial charge >= 0.3 is 11.2 Å². The lowest BCUT2D eigenvalue weighted by molar-refractivity contribution is -0.113. The highest BCUT2D eigenvalue weighted by Gasteiger charge is 2.31. The molecule has 2 heterocycles. The van der Waals surface area contributed by atoms with Crippen LogP contribution in [0, 0.1) is 5.92 Å². The van der Waals surface area contributed by atoms with Crippen molar-refractivity contribution in [2.75, 3.05) is 18.2 Å². The zero-order valence-corrected chi connectivity index (χ0v) is 21.3. The molecule has 186 valence electrons. The topological polar surface area (TPSA) is 138 Å². The number of aromatic nitrogens is 2. The highest BCUT2D eigenvalue weighted by Crippen LogP contribution is 2.40. The number of ether oxygens (including phenoxy) is 2. The number of benzene rings is 1. The number of thiophene rings is 1. The summed E-state index contributed by atoms with van der Waals surface area (Å²) >= 11 is 7.09. The summed E-state index contributed by atoms with van der Waals surface area (Å²) in [6, 6.07) is 6.53.